The molecule has 56 valence electrons. The summed E-state index contributed by atoms with van der Waals surface area (Å²) in [6.07, 6.45) is 1.99. The molecule has 2 rings (SSSR count). The van der Waals surface area contributed by atoms with Crippen molar-refractivity contribution in [1.82, 2.24) is 4.98 Å². The van der Waals surface area contributed by atoms with Crippen molar-refractivity contribution in [2.75, 3.05) is 5.32 Å². The van der Waals surface area contributed by atoms with E-state index in [1.165, 1.54) is 0 Å². The number of halogens is 1. The molecule has 1 N–H and O–H groups in total. The quantitative estimate of drug-likeness (QED) is 0.592. The van der Waals surface area contributed by atoms with Gasteiger partial charge in [0.25, 0.3) is 0 Å². The maximum atomic E-state index is 10.8. The molecule has 0 unspecified atom stereocenters. The molecule has 1 amide bonds. The molecule has 0 spiro atoms. The summed E-state index contributed by atoms with van der Waals surface area (Å²) < 4.78 is 0. The van der Waals surface area contributed by atoms with Crippen LogP contribution in [0, 0.1) is 0 Å². The van der Waals surface area contributed by atoms with Crippen molar-refractivity contribution < 1.29 is 4.79 Å². The van der Waals surface area contributed by atoms with Gasteiger partial charge in [0.1, 0.15) is 5.15 Å². The average Bonchev–Trinajstić information content (AvgIpc) is 2.27. The van der Waals surface area contributed by atoms with Crippen LogP contribution in [0.15, 0.2) is 12.3 Å². The van der Waals surface area contributed by atoms with Gasteiger partial charge in [-0.1, -0.05) is 11.6 Å². The van der Waals surface area contributed by atoms with Crippen LogP contribution in [0.1, 0.15) is 5.56 Å². The molecule has 0 aromatic carbocycles. The summed E-state index contributed by atoms with van der Waals surface area (Å²) in [5, 5.41) is 3.10. The number of aromatic nitrogens is 1. The second-order valence-electron chi connectivity index (χ2n) is 2.39. The normalized spacial score (nSPS) is 14.5. The van der Waals surface area contributed by atoms with Crippen LogP contribution < -0.4 is 5.32 Å². The average molecular weight is 169 g/mol. The van der Waals surface area contributed by atoms with Gasteiger partial charge in [0.05, 0.1) is 18.3 Å². The molecule has 0 saturated carbocycles. The molecular weight excluding hydrogens is 164 g/mol. The number of hydrogen-bond donors (Lipinski definition) is 1. The summed E-state index contributed by atoms with van der Waals surface area (Å²) in [4.78, 5) is 14.7. The summed E-state index contributed by atoms with van der Waals surface area (Å²) in [7, 11) is 0. The predicted molar refractivity (Wildman–Crippen MR) is 41.6 cm³/mol. The van der Waals surface area contributed by atoms with Gasteiger partial charge >= 0.3 is 0 Å². The molecular formula is C7H5ClN2O. The molecule has 1 aliphatic heterocycles. The molecule has 0 radical (unpaired) electrons. The number of carbonyl (C=O) groups is 1. The van der Waals surface area contributed by atoms with Crippen LogP contribution in [0.25, 0.3) is 0 Å². The van der Waals surface area contributed by atoms with Crippen LogP contribution >= 0.6 is 11.6 Å². The molecule has 1 aliphatic rings. The van der Waals surface area contributed by atoms with Crippen LogP contribution in [-0.2, 0) is 11.2 Å². The van der Waals surface area contributed by atoms with Crippen LogP contribution in [0.4, 0.5) is 5.69 Å². The lowest BCUT2D eigenvalue weighted by atomic mass is 10.2. The number of carbonyl (C=O) groups excluding carboxylic acids is 1. The number of amides is 1. The third-order valence-corrected chi connectivity index (χ3v) is 1.79. The highest BCUT2D eigenvalue weighted by Gasteiger charge is 2.17. The van der Waals surface area contributed by atoms with Gasteiger partial charge in [-0.3, -0.25) is 4.79 Å². The highest BCUT2D eigenvalue weighted by molar-refractivity contribution is 6.29. The zero-order valence-electron chi connectivity index (χ0n) is 5.60. The van der Waals surface area contributed by atoms with Crippen molar-refractivity contribution in [3.8, 4) is 0 Å². The van der Waals surface area contributed by atoms with Crippen molar-refractivity contribution in [2.24, 2.45) is 0 Å². The molecule has 1 aromatic heterocycles. The van der Waals surface area contributed by atoms with Gasteiger partial charge in [-0.05, 0) is 11.6 Å². The monoisotopic (exact) mass is 168 g/mol. The molecule has 0 aliphatic carbocycles. The lowest BCUT2D eigenvalue weighted by Crippen LogP contribution is -2.03. The van der Waals surface area contributed by atoms with Crippen LogP contribution in [0.5, 0.6) is 0 Å². The molecule has 4 heteroatoms. The third kappa shape index (κ3) is 1.07. The summed E-state index contributed by atoms with van der Waals surface area (Å²) >= 11 is 5.62. The fourth-order valence-electron chi connectivity index (χ4n) is 1.09. The Bertz CT molecular complexity index is 324. The van der Waals surface area contributed by atoms with Crippen molar-refractivity contribution in [1.29, 1.82) is 0 Å². The second kappa shape index (κ2) is 2.20. The minimum absolute atomic E-state index is 0.00377. The first-order valence-electron chi connectivity index (χ1n) is 3.20. The Hall–Kier alpha value is -1.09. The van der Waals surface area contributed by atoms with E-state index in [0.29, 0.717) is 11.6 Å². The molecule has 0 fully saturated rings. The Morgan fingerprint density at radius 3 is 3.27 bits per heavy atom. The number of nitrogens with zero attached hydrogens (tertiary/aromatic N) is 1. The van der Waals surface area contributed by atoms with Gasteiger partial charge < -0.3 is 5.32 Å². The lowest BCUT2D eigenvalue weighted by molar-refractivity contribution is -0.115. The fourth-order valence-corrected chi connectivity index (χ4v) is 1.27. The lowest BCUT2D eigenvalue weighted by Gasteiger charge is -1.95. The number of nitrogens with one attached hydrogen (secondary N) is 1. The number of fused-ring (bicyclic) bond motifs is 1. The first-order valence-corrected chi connectivity index (χ1v) is 3.58. The second-order valence-corrected chi connectivity index (χ2v) is 2.78. The Morgan fingerprint density at radius 2 is 2.45 bits per heavy atom. The van der Waals surface area contributed by atoms with E-state index in [1.54, 1.807) is 12.3 Å². The number of pyridine rings is 1. The van der Waals surface area contributed by atoms with E-state index >= 15 is 0 Å². The standard InChI is InChI=1S/C7H5ClN2O/c8-6-1-4-2-7(11)10-5(4)3-9-6/h1,3H,2H2,(H,10,11). The molecule has 11 heavy (non-hydrogen) atoms. The van der Waals surface area contributed by atoms with Gasteiger partial charge in [0.15, 0.2) is 0 Å². The number of anilines is 1. The van der Waals surface area contributed by atoms with E-state index < -0.39 is 0 Å². The predicted octanol–water partition coefficient (Wildman–Crippen LogP) is 1.23. The van der Waals surface area contributed by atoms with Crippen LogP contribution in [-0.4, -0.2) is 10.9 Å². The Morgan fingerprint density at radius 1 is 1.64 bits per heavy atom. The zero-order chi connectivity index (χ0) is 7.84. The van der Waals surface area contributed by atoms with E-state index in [-0.39, 0.29) is 5.91 Å². The topological polar surface area (TPSA) is 42.0 Å². The Balaban J connectivity index is 2.51. The van der Waals surface area contributed by atoms with Gasteiger partial charge in [-0.15, -0.1) is 0 Å². The van der Waals surface area contributed by atoms with E-state index in [9.17, 15) is 4.79 Å². The summed E-state index contributed by atoms with van der Waals surface area (Å²) in [6.45, 7) is 0. The smallest absolute Gasteiger partial charge is 0.228 e. The minimum Gasteiger partial charge on any atom is -0.324 e. The molecule has 3 nitrogen and oxygen atoms in total. The van der Waals surface area contributed by atoms with E-state index in [4.69, 9.17) is 11.6 Å². The van der Waals surface area contributed by atoms with Crippen LogP contribution in [0.3, 0.4) is 0 Å². The highest BCUT2D eigenvalue weighted by Crippen LogP contribution is 2.23. The summed E-state index contributed by atoms with van der Waals surface area (Å²) in [5.41, 5.74) is 1.70. The molecule has 0 saturated heterocycles. The fraction of sp³-hybridized carbons (Fsp3) is 0.143. The molecule has 1 aromatic rings. The maximum Gasteiger partial charge on any atom is 0.228 e. The molecule has 2 heterocycles. The van der Waals surface area contributed by atoms with Crippen molar-refractivity contribution in [3.05, 3.63) is 23.0 Å². The first kappa shape index (κ1) is 6.61. The maximum absolute atomic E-state index is 10.8. The van der Waals surface area contributed by atoms with E-state index in [1.807, 2.05) is 0 Å². The van der Waals surface area contributed by atoms with Gasteiger partial charge in [-0.25, -0.2) is 4.98 Å². The van der Waals surface area contributed by atoms with Gasteiger partial charge in [0.2, 0.25) is 5.91 Å². The molecule has 0 bridgehead atoms. The Labute approximate surface area is 68.4 Å². The zero-order valence-corrected chi connectivity index (χ0v) is 6.35. The van der Waals surface area contributed by atoms with Crippen molar-refractivity contribution in [2.45, 2.75) is 6.42 Å². The first-order chi connectivity index (χ1) is 5.25. The Kier molecular flexibility index (Phi) is 1.32. The van der Waals surface area contributed by atoms with E-state index in [0.717, 1.165) is 11.3 Å². The van der Waals surface area contributed by atoms with E-state index in [2.05, 4.69) is 10.3 Å². The number of hydrogen-bond acceptors (Lipinski definition) is 2. The minimum atomic E-state index is 0.00377. The summed E-state index contributed by atoms with van der Waals surface area (Å²) in [6, 6.07) is 1.70. The third-order valence-electron chi connectivity index (χ3n) is 1.58. The van der Waals surface area contributed by atoms with Crippen molar-refractivity contribution >= 4 is 23.2 Å². The number of rotatable bonds is 0. The largest absolute Gasteiger partial charge is 0.324 e. The SMILES string of the molecule is O=C1Cc2cc(Cl)ncc2N1. The summed E-state index contributed by atoms with van der Waals surface area (Å²) in [5.74, 6) is 0.00377. The van der Waals surface area contributed by atoms with Gasteiger partial charge in [0, 0.05) is 0 Å². The van der Waals surface area contributed by atoms with Crippen molar-refractivity contribution in [3.63, 3.8) is 0 Å². The highest BCUT2D eigenvalue weighted by atomic mass is 35.5. The molecule has 0 atom stereocenters. The van der Waals surface area contributed by atoms with Gasteiger partial charge in [-0.2, -0.15) is 0 Å². The van der Waals surface area contributed by atoms with Crippen LogP contribution in [0.2, 0.25) is 5.15 Å².